The lowest BCUT2D eigenvalue weighted by molar-refractivity contribution is -0.130. The van der Waals surface area contributed by atoms with Crippen LogP contribution in [0.4, 0.5) is 4.39 Å². The minimum atomic E-state index is -0.190. The number of carbonyl (C=O) groups is 1. The molecular formula is C15H20FN3OS. The van der Waals surface area contributed by atoms with Crippen LogP contribution in [0.25, 0.3) is 0 Å². The molecule has 0 radical (unpaired) electrons. The van der Waals surface area contributed by atoms with Crippen LogP contribution < -0.4 is 10.9 Å². The normalized spacial score (nSPS) is 28.5. The molecule has 114 valence electrons. The second kappa shape index (κ2) is 6.34. The first-order chi connectivity index (χ1) is 10.2. The molecule has 1 amide bonds. The third-order valence-corrected chi connectivity index (χ3v) is 4.91. The molecule has 1 aromatic carbocycles. The fourth-order valence-corrected chi connectivity index (χ4v) is 3.71. The lowest BCUT2D eigenvalue weighted by Gasteiger charge is -2.36. The van der Waals surface area contributed by atoms with E-state index in [1.807, 2.05) is 23.3 Å². The lowest BCUT2D eigenvalue weighted by Crippen LogP contribution is -2.48. The molecule has 2 aliphatic heterocycles. The van der Waals surface area contributed by atoms with Gasteiger partial charge >= 0.3 is 0 Å². The number of nitrogens with one attached hydrogen (secondary N) is 2. The minimum absolute atomic E-state index is 0.0823. The number of rotatable bonds is 3. The van der Waals surface area contributed by atoms with E-state index >= 15 is 0 Å². The van der Waals surface area contributed by atoms with E-state index in [9.17, 15) is 9.18 Å². The van der Waals surface area contributed by atoms with Gasteiger partial charge in [0, 0.05) is 30.6 Å². The third kappa shape index (κ3) is 2.93. The maximum Gasteiger partial charge on any atom is 0.232 e. The Morgan fingerprint density at radius 2 is 2.24 bits per heavy atom. The Kier molecular flexibility index (Phi) is 4.47. The zero-order chi connectivity index (χ0) is 14.8. The van der Waals surface area contributed by atoms with Crippen LogP contribution >= 0.6 is 11.8 Å². The molecule has 1 aromatic rings. The van der Waals surface area contributed by atoms with Gasteiger partial charge in [-0.1, -0.05) is 18.2 Å². The molecule has 2 heterocycles. The van der Waals surface area contributed by atoms with Crippen LogP contribution in [-0.2, 0) is 4.79 Å². The summed E-state index contributed by atoms with van der Waals surface area (Å²) in [5.41, 5.74) is 7.16. The van der Waals surface area contributed by atoms with Crippen LogP contribution in [0.1, 0.15) is 18.0 Å². The quantitative estimate of drug-likeness (QED) is 0.889. The Bertz CT molecular complexity index is 527. The fraction of sp³-hybridized carbons (Fsp3) is 0.533. The van der Waals surface area contributed by atoms with Crippen molar-refractivity contribution in [1.29, 1.82) is 0 Å². The molecule has 0 saturated carbocycles. The van der Waals surface area contributed by atoms with Gasteiger partial charge in [-0.05, 0) is 18.7 Å². The van der Waals surface area contributed by atoms with Crippen molar-refractivity contribution >= 4 is 17.7 Å². The summed E-state index contributed by atoms with van der Waals surface area (Å²) < 4.78 is 14.0. The summed E-state index contributed by atoms with van der Waals surface area (Å²) in [7, 11) is 0. The number of nitrogens with zero attached hydrogens (tertiary/aromatic N) is 1. The van der Waals surface area contributed by atoms with Crippen molar-refractivity contribution in [2.24, 2.45) is 5.92 Å². The first-order valence-electron chi connectivity index (χ1n) is 7.23. The molecule has 21 heavy (non-hydrogen) atoms. The molecule has 2 N–H and O–H groups in total. The third-order valence-electron chi connectivity index (χ3n) is 4.37. The largest absolute Gasteiger partial charge is 0.342 e. The first kappa shape index (κ1) is 14.8. The van der Waals surface area contributed by atoms with E-state index in [1.54, 1.807) is 17.8 Å². The predicted octanol–water partition coefficient (Wildman–Crippen LogP) is 1.55. The zero-order valence-corrected chi connectivity index (χ0v) is 12.8. The Morgan fingerprint density at radius 3 is 3.00 bits per heavy atom. The topological polar surface area (TPSA) is 44.4 Å². The van der Waals surface area contributed by atoms with Gasteiger partial charge in [-0.3, -0.25) is 10.2 Å². The Hall–Kier alpha value is -1.11. The Morgan fingerprint density at radius 1 is 1.43 bits per heavy atom. The van der Waals surface area contributed by atoms with Crippen molar-refractivity contribution in [1.82, 2.24) is 15.8 Å². The van der Waals surface area contributed by atoms with Crippen LogP contribution in [0.15, 0.2) is 24.3 Å². The van der Waals surface area contributed by atoms with Gasteiger partial charge in [0.25, 0.3) is 0 Å². The summed E-state index contributed by atoms with van der Waals surface area (Å²) in [5.74, 6) is 0.717. The van der Waals surface area contributed by atoms with Gasteiger partial charge in [0.2, 0.25) is 5.91 Å². The van der Waals surface area contributed by atoms with Gasteiger partial charge in [-0.15, -0.1) is 0 Å². The molecule has 2 saturated heterocycles. The number of likely N-dealkylation sites (tertiary alicyclic amines) is 1. The smallest absolute Gasteiger partial charge is 0.232 e. The number of piperidine rings is 1. The van der Waals surface area contributed by atoms with E-state index in [0.717, 1.165) is 13.0 Å². The Labute approximate surface area is 128 Å². The average molecular weight is 309 g/mol. The summed E-state index contributed by atoms with van der Waals surface area (Å²) in [4.78, 5) is 14.0. The standard InChI is InChI=1S/C15H20FN3OS/c1-21-9-14(20)19-7-6-13-11(8-19)15(18-17-13)10-4-2-3-5-12(10)16/h2-5,11,13,15,17-18H,6-9H2,1H3. The molecule has 3 atom stereocenters. The highest BCUT2D eigenvalue weighted by molar-refractivity contribution is 7.99. The number of amides is 1. The van der Waals surface area contributed by atoms with E-state index in [1.165, 1.54) is 6.07 Å². The highest BCUT2D eigenvalue weighted by Crippen LogP contribution is 2.34. The molecule has 0 aliphatic carbocycles. The van der Waals surface area contributed by atoms with Crippen LogP contribution in [0.5, 0.6) is 0 Å². The van der Waals surface area contributed by atoms with Crippen LogP contribution in [-0.4, -0.2) is 41.9 Å². The van der Waals surface area contributed by atoms with E-state index in [-0.39, 0.29) is 23.7 Å². The number of halogens is 1. The van der Waals surface area contributed by atoms with E-state index in [4.69, 9.17) is 0 Å². The Balaban J connectivity index is 1.77. The second-order valence-corrected chi connectivity index (χ2v) is 6.49. The summed E-state index contributed by atoms with van der Waals surface area (Å²) >= 11 is 1.55. The highest BCUT2D eigenvalue weighted by Gasteiger charge is 2.42. The van der Waals surface area contributed by atoms with Crippen LogP contribution in [0, 0.1) is 11.7 Å². The van der Waals surface area contributed by atoms with Crippen LogP contribution in [0.3, 0.4) is 0 Å². The van der Waals surface area contributed by atoms with Crippen molar-refractivity contribution in [3.63, 3.8) is 0 Å². The number of thioether (sulfide) groups is 1. The van der Waals surface area contributed by atoms with E-state index in [0.29, 0.717) is 23.9 Å². The van der Waals surface area contributed by atoms with Gasteiger partial charge in [0.15, 0.2) is 0 Å². The molecule has 2 aliphatic rings. The number of carbonyl (C=O) groups excluding carboxylic acids is 1. The number of hydrogen-bond donors (Lipinski definition) is 2. The second-order valence-electron chi connectivity index (χ2n) is 5.62. The molecule has 0 aromatic heterocycles. The zero-order valence-electron chi connectivity index (χ0n) is 12.0. The summed E-state index contributed by atoms with van der Waals surface area (Å²) in [6.07, 6.45) is 2.84. The molecule has 3 unspecified atom stereocenters. The van der Waals surface area contributed by atoms with E-state index < -0.39 is 0 Å². The maximum absolute atomic E-state index is 14.0. The lowest BCUT2D eigenvalue weighted by atomic mass is 9.85. The minimum Gasteiger partial charge on any atom is -0.342 e. The molecule has 2 fully saturated rings. The van der Waals surface area contributed by atoms with Crippen molar-refractivity contribution in [3.05, 3.63) is 35.6 Å². The molecular weight excluding hydrogens is 289 g/mol. The monoisotopic (exact) mass is 309 g/mol. The summed E-state index contributed by atoms with van der Waals surface area (Å²) in [5, 5.41) is 0. The molecule has 3 rings (SSSR count). The number of fused-ring (bicyclic) bond motifs is 1. The van der Waals surface area contributed by atoms with Crippen molar-refractivity contribution in [2.75, 3.05) is 25.1 Å². The summed E-state index contributed by atoms with van der Waals surface area (Å²) in [6.45, 7) is 1.46. The van der Waals surface area contributed by atoms with Gasteiger partial charge in [0.05, 0.1) is 11.8 Å². The van der Waals surface area contributed by atoms with E-state index in [2.05, 4.69) is 10.9 Å². The highest BCUT2D eigenvalue weighted by atomic mass is 32.2. The van der Waals surface area contributed by atoms with Crippen LogP contribution in [0.2, 0.25) is 0 Å². The van der Waals surface area contributed by atoms with Gasteiger partial charge < -0.3 is 4.90 Å². The maximum atomic E-state index is 14.0. The van der Waals surface area contributed by atoms with Crippen molar-refractivity contribution in [3.8, 4) is 0 Å². The molecule has 0 spiro atoms. The van der Waals surface area contributed by atoms with Gasteiger partial charge in [0.1, 0.15) is 5.82 Å². The summed E-state index contributed by atoms with van der Waals surface area (Å²) in [6, 6.07) is 7.08. The van der Waals surface area contributed by atoms with Gasteiger partial charge in [-0.2, -0.15) is 11.8 Å². The van der Waals surface area contributed by atoms with Gasteiger partial charge in [-0.25, -0.2) is 9.82 Å². The first-order valence-corrected chi connectivity index (χ1v) is 8.62. The molecule has 6 heteroatoms. The average Bonchev–Trinajstić information content (AvgIpc) is 2.91. The SMILES string of the molecule is CSCC(=O)N1CCC2NNC(c3ccccc3F)C2C1. The number of benzene rings is 1. The molecule has 0 bridgehead atoms. The molecule has 4 nitrogen and oxygen atoms in total. The number of hydrogen-bond acceptors (Lipinski definition) is 4. The van der Waals surface area contributed by atoms with Crippen molar-refractivity contribution < 1.29 is 9.18 Å². The number of hydrazine groups is 1. The predicted molar refractivity (Wildman–Crippen MR) is 82.3 cm³/mol. The fourth-order valence-electron chi connectivity index (χ4n) is 3.28. The van der Waals surface area contributed by atoms with Crippen molar-refractivity contribution in [2.45, 2.75) is 18.5 Å².